The molecule has 0 N–H and O–H groups in total. The van der Waals surface area contributed by atoms with Crippen LogP contribution in [0.15, 0.2) is 48.5 Å². The topological polar surface area (TPSA) is 70.2 Å². The van der Waals surface area contributed by atoms with Crippen molar-refractivity contribution in [1.82, 2.24) is 9.80 Å². The standard InChI is InChI=1S/C25H29F4N3O4S/c26-21-7-9-22(10-8-21)32(24(33)31-12-2-1-3-13-31)16-15-30-14-11-20(18-30)19-5-4-6-23(17-19)36-37(34,35)25(27,28)29/h4-10,17,20H,1-3,11-16,18H2. The van der Waals surface area contributed by atoms with Gasteiger partial charge < -0.3 is 14.0 Å². The molecule has 0 radical (unpaired) electrons. The first-order chi connectivity index (χ1) is 17.5. The van der Waals surface area contributed by atoms with Gasteiger partial charge in [0.05, 0.1) is 0 Å². The summed E-state index contributed by atoms with van der Waals surface area (Å²) in [7, 11) is -5.74. The van der Waals surface area contributed by atoms with E-state index in [4.69, 9.17) is 0 Å². The van der Waals surface area contributed by atoms with E-state index in [9.17, 15) is 30.8 Å². The van der Waals surface area contributed by atoms with Gasteiger partial charge >= 0.3 is 21.7 Å². The second kappa shape index (κ2) is 11.3. The molecule has 2 aliphatic rings. The third-order valence-electron chi connectivity index (χ3n) is 6.73. The summed E-state index contributed by atoms with van der Waals surface area (Å²) in [6, 6.07) is 11.4. The number of alkyl halides is 3. The van der Waals surface area contributed by atoms with Crippen LogP contribution in [0.3, 0.4) is 0 Å². The van der Waals surface area contributed by atoms with Crippen molar-refractivity contribution in [3.05, 3.63) is 59.9 Å². The van der Waals surface area contributed by atoms with Crippen molar-refractivity contribution in [2.24, 2.45) is 0 Å². The van der Waals surface area contributed by atoms with Gasteiger partial charge in [0.15, 0.2) is 0 Å². The Balaban J connectivity index is 1.40. The van der Waals surface area contributed by atoms with Gasteiger partial charge in [0.1, 0.15) is 11.6 Å². The molecule has 202 valence electrons. The smallest absolute Gasteiger partial charge is 0.376 e. The molecule has 12 heteroatoms. The molecule has 2 heterocycles. The SMILES string of the molecule is O=C(N1CCCCC1)N(CCN1CCC(c2cccc(OS(=O)(=O)C(F)(F)F)c2)C1)c1ccc(F)cc1. The minimum absolute atomic E-state index is 0.0331. The first-order valence-corrected chi connectivity index (χ1v) is 13.6. The maximum absolute atomic E-state index is 13.5. The molecule has 2 saturated heterocycles. The predicted molar refractivity (Wildman–Crippen MR) is 130 cm³/mol. The van der Waals surface area contributed by atoms with Crippen LogP contribution in [0.1, 0.15) is 37.2 Å². The highest BCUT2D eigenvalue weighted by molar-refractivity contribution is 7.88. The van der Waals surface area contributed by atoms with Crippen molar-refractivity contribution < 1.29 is 35.0 Å². The summed E-state index contributed by atoms with van der Waals surface area (Å²) in [5.74, 6) is -0.803. The molecule has 0 aliphatic carbocycles. The number of halogens is 4. The number of nitrogens with zero attached hydrogens (tertiary/aromatic N) is 3. The molecule has 7 nitrogen and oxygen atoms in total. The average molecular weight is 544 g/mol. The molecule has 2 aliphatic heterocycles. The van der Waals surface area contributed by atoms with Crippen LogP contribution in [0, 0.1) is 5.82 Å². The molecule has 1 unspecified atom stereocenters. The fourth-order valence-electron chi connectivity index (χ4n) is 4.76. The molecule has 2 fully saturated rings. The molecular weight excluding hydrogens is 514 g/mol. The van der Waals surface area contributed by atoms with E-state index in [1.54, 1.807) is 23.1 Å². The number of urea groups is 1. The van der Waals surface area contributed by atoms with Crippen molar-refractivity contribution in [2.45, 2.75) is 37.1 Å². The first-order valence-electron chi connectivity index (χ1n) is 12.2. The van der Waals surface area contributed by atoms with Crippen molar-refractivity contribution in [1.29, 1.82) is 0 Å². The lowest BCUT2D eigenvalue weighted by Crippen LogP contribution is -2.48. The lowest BCUT2D eigenvalue weighted by molar-refractivity contribution is -0.0500. The van der Waals surface area contributed by atoms with E-state index < -0.39 is 15.6 Å². The number of carbonyl (C=O) groups excluding carboxylic acids is 1. The monoisotopic (exact) mass is 543 g/mol. The molecule has 1 atom stereocenters. The van der Waals surface area contributed by atoms with Crippen LogP contribution in [0.2, 0.25) is 0 Å². The maximum Gasteiger partial charge on any atom is 0.534 e. The predicted octanol–water partition coefficient (Wildman–Crippen LogP) is 4.96. The summed E-state index contributed by atoms with van der Waals surface area (Å²) in [5, 5.41) is 0. The van der Waals surface area contributed by atoms with Gasteiger partial charge in [-0.15, -0.1) is 0 Å². The Morgan fingerprint density at radius 3 is 2.41 bits per heavy atom. The number of likely N-dealkylation sites (tertiary alicyclic amines) is 2. The zero-order valence-corrected chi connectivity index (χ0v) is 21.0. The van der Waals surface area contributed by atoms with Crippen LogP contribution < -0.4 is 9.08 Å². The number of rotatable bonds is 7. The molecule has 37 heavy (non-hydrogen) atoms. The van der Waals surface area contributed by atoms with E-state index in [-0.39, 0.29) is 23.5 Å². The van der Waals surface area contributed by atoms with Crippen molar-refractivity contribution in [3.63, 3.8) is 0 Å². The quantitative estimate of drug-likeness (QED) is 0.281. The fraction of sp³-hybridized carbons (Fsp3) is 0.480. The van der Waals surface area contributed by atoms with Gasteiger partial charge in [-0.2, -0.15) is 21.6 Å². The summed E-state index contributed by atoms with van der Waals surface area (Å²) in [4.78, 5) is 18.9. The van der Waals surface area contributed by atoms with E-state index in [2.05, 4.69) is 9.08 Å². The Kier molecular flexibility index (Phi) is 8.27. The van der Waals surface area contributed by atoms with Crippen molar-refractivity contribution >= 4 is 21.8 Å². The largest absolute Gasteiger partial charge is 0.534 e. The van der Waals surface area contributed by atoms with Crippen LogP contribution in [0.5, 0.6) is 5.75 Å². The molecule has 2 aromatic rings. The number of piperidine rings is 1. The molecule has 2 aromatic carbocycles. The van der Waals surface area contributed by atoms with Gasteiger partial charge in [-0.05, 0) is 80.1 Å². The number of carbonyl (C=O) groups is 1. The summed E-state index contributed by atoms with van der Waals surface area (Å²) in [5.41, 5.74) is -4.21. The summed E-state index contributed by atoms with van der Waals surface area (Å²) in [6.45, 7) is 3.60. The molecular formula is C25H29F4N3O4S. The zero-order valence-electron chi connectivity index (χ0n) is 20.2. The minimum atomic E-state index is -5.74. The van der Waals surface area contributed by atoms with Gasteiger partial charge in [0, 0.05) is 38.4 Å². The van der Waals surface area contributed by atoms with E-state index >= 15 is 0 Å². The molecule has 0 saturated carbocycles. The van der Waals surface area contributed by atoms with Crippen LogP contribution >= 0.6 is 0 Å². The Labute approximate surface area is 213 Å². The van der Waals surface area contributed by atoms with E-state index in [0.29, 0.717) is 56.9 Å². The van der Waals surface area contributed by atoms with Crippen LogP contribution in [-0.2, 0) is 10.1 Å². The third kappa shape index (κ3) is 6.72. The number of hydrogen-bond donors (Lipinski definition) is 0. The Bertz CT molecular complexity index is 1190. The average Bonchev–Trinajstić information content (AvgIpc) is 3.34. The molecule has 4 rings (SSSR count). The third-order valence-corrected chi connectivity index (χ3v) is 7.71. The van der Waals surface area contributed by atoms with E-state index in [1.165, 1.54) is 30.3 Å². The highest BCUT2D eigenvalue weighted by Gasteiger charge is 2.48. The minimum Gasteiger partial charge on any atom is -0.376 e. The van der Waals surface area contributed by atoms with Gasteiger partial charge in [0.2, 0.25) is 0 Å². The number of benzene rings is 2. The number of hydrogen-bond acceptors (Lipinski definition) is 5. The Morgan fingerprint density at radius 1 is 1.03 bits per heavy atom. The maximum atomic E-state index is 13.5. The van der Waals surface area contributed by atoms with Gasteiger partial charge in [-0.3, -0.25) is 4.90 Å². The second-order valence-electron chi connectivity index (χ2n) is 9.30. The van der Waals surface area contributed by atoms with Gasteiger partial charge in [0.25, 0.3) is 0 Å². The summed E-state index contributed by atoms with van der Waals surface area (Å²) >= 11 is 0. The number of anilines is 1. The molecule has 0 aromatic heterocycles. The second-order valence-corrected chi connectivity index (χ2v) is 10.8. The Hall–Kier alpha value is -2.86. The lowest BCUT2D eigenvalue weighted by Gasteiger charge is -2.34. The van der Waals surface area contributed by atoms with Gasteiger partial charge in [-0.1, -0.05) is 12.1 Å². The first kappa shape index (κ1) is 27.2. The fourth-order valence-corrected chi connectivity index (χ4v) is 5.21. The molecule has 0 spiro atoms. The number of amides is 2. The van der Waals surface area contributed by atoms with E-state index in [0.717, 1.165) is 19.3 Å². The highest BCUT2D eigenvalue weighted by Crippen LogP contribution is 2.32. The molecule has 0 bridgehead atoms. The lowest BCUT2D eigenvalue weighted by atomic mass is 9.98. The van der Waals surface area contributed by atoms with Gasteiger partial charge in [-0.25, -0.2) is 9.18 Å². The van der Waals surface area contributed by atoms with Crippen LogP contribution in [-0.4, -0.2) is 69.0 Å². The van der Waals surface area contributed by atoms with Crippen LogP contribution in [0.25, 0.3) is 0 Å². The van der Waals surface area contributed by atoms with Crippen molar-refractivity contribution in [2.75, 3.05) is 44.2 Å². The summed E-state index contributed by atoms with van der Waals surface area (Å²) in [6.07, 6.45) is 3.70. The molecule has 2 amide bonds. The Morgan fingerprint density at radius 2 is 1.73 bits per heavy atom. The van der Waals surface area contributed by atoms with Crippen LogP contribution in [0.4, 0.5) is 28.0 Å². The highest BCUT2D eigenvalue weighted by atomic mass is 32.2. The normalized spacial score (nSPS) is 19.1. The zero-order chi connectivity index (χ0) is 26.6. The summed E-state index contributed by atoms with van der Waals surface area (Å²) < 4.78 is 78.5. The van der Waals surface area contributed by atoms with Crippen molar-refractivity contribution in [3.8, 4) is 5.75 Å². The van der Waals surface area contributed by atoms with E-state index in [1.807, 2.05) is 4.90 Å².